The number of carboxylic acids is 1. The van der Waals surface area contributed by atoms with Gasteiger partial charge in [-0.1, -0.05) is 36.4 Å². The molecule has 0 saturated heterocycles. The van der Waals surface area contributed by atoms with Crippen LogP contribution in [-0.2, 0) is 11.2 Å². The average Bonchev–Trinajstić information content (AvgIpc) is 3.01. The normalized spacial score (nSPS) is 12.9. The van der Waals surface area contributed by atoms with Crippen LogP contribution in [0.15, 0.2) is 42.5 Å². The summed E-state index contributed by atoms with van der Waals surface area (Å²) in [5.74, 6) is -1.21. The van der Waals surface area contributed by atoms with Crippen LogP contribution >= 0.6 is 0 Å². The van der Waals surface area contributed by atoms with Crippen molar-refractivity contribution < 1.29 is 29.0 Å². The third kappa shape index (κ3) is 3.36. The number of amides is 2. The largest absolute Gasteiger partial charge is 0.492 e. The first-order chi connectivity index (χ1) is 15.4. The van der Waals surface area contributed by atoms with Gasteiger partial charge < -0.3 is 14.6 Å². The summed E-state index contributed by atoms with van der Waals surface area (Å²) in [6.45, 7) is 6.04. The second kappa shape index (κ2) is 8.34. The molecule has 1 N–H and O–H groups in total. The molecule has 164 valence electrons. The van der Waals surface area contributed by atoms with E-state index in [0.717, 1.165) is 4.90 Å². The molecule has 7 heteroatoms. The van der Waals surface area contributed by atoms with Crippen LogP contribution < -0.4 is 14.4 Å². The first-order valence-electron chi connectivity index (χ1n) is 10.4. The summed E-state index contributed by atoms with van der Waals surface area (Å²) in [5.41, 5.74) is 1.99. The van der Waals surface area contributed by atoms with E-state index in [1.165, 1.54) is 0 Å². The monoisotopic (exact) mass is 433 g/mol. The third-order valence-corrected chi connectivity index (χ3v) is 5.39. The molecule has 3 aromatic carbocycles. The lowest BCUT2D eigenvalue weighted by Gasteiger charge is -2.17. The molecule has 0 atom stereocenters. The van der Waals surface area contributed by atoms with E-state index in [1.54, 1.807) is 25.1 Å². The Balaban J connectivity index is 1.94. The fourth-order valence-corrected chi connectivity index (χ4v) is 4.16. The van der Waals surface area contributed by atoms with Crippen LogP contribution in [0.2, 0.25) is 0 Å². The minimum atomic E-state index is -0.952. The Kier molecular flexibility index (Phi) is 5.57. The number of anilines is 1. The van der Waals surface area contributed by atoms with Crippen LogP contribution in [0.25, 0.3) is 10.8 Å². The molecule has 0 spiro atoms. The third-order valence-electron chi connectivity index (χ3n) is 5.39. The number of hydrogen-bond donors (Lipinski definition) is 1. The van der Waals surface area contributed by atoms with Gasteiger partial charge in [0.05, 0.1) is 36.4 Å². The van der Waals surface area contributed by atoms with Crippen LogP contribution in [0.4, 0.5) is 5.69 Å². The molecule has 0 aromatic heterocycles. The molecule has 0 bridgehead atoms. The number of aliphatic carboxylic acids is 1. The van der Waals surface area contributed by atoms with Crippen LogP contribution in [0.1, 0.15) is 45.7 Å². The molecule has 2 amide bonds. The molecule has 4 rings (SSSR count). The number of ether oxygens (including phenoxy) is 2. The smallest absolute Gasteiger partial charge is 0.307 e. The van der Waals surface area contributed by atoms with Crippen molar-refractivity contribution in [3.8, 4) is 11.5 Å². The standard InChI is InChI=1S/C25H23NO6/c1-4-31-22-16-8-6-7-9-17(16)23(32-5-2)21-20(22)24(29)26(25(21)30)18-11-10-15(12-14(18)3)13-19(27)28/h6-12H,4-5,13H2,1-3H3,(H,27,28). The number of fused-ring (bicyclic) bond motifs is 2. The Hall–Kier alpha value is -3.87. The number of imide groups is 1. The molecule has 32 heavy (non-hydrogen) atoms. The number of carbonyl (C=O) groups is 3. The summed E-state index contributed by atoms with van der Waals surface area (Å²) >= 11 is 0. The number of benzene rings is 3. The summed E-state index contributed by atoms with van der Waals surface area (Å²) in [6.07, 6.45) is -0.141. The van der Waals surface area contributed by atoms with Gasteiger partial charge >= 0.3 is 5.97 Å². The molecule has 1 aliphatic heterocycles. The van der Waals surface area contributed by atoms with E-state index in [0.29, 0.717) is 52.3 Å². The first kappa shape index (κ1) is 21.4. The summed E-state index contributed by atoms with van der Waals surface area (Å²) in [4.78, 5) is 39.3. The maximum absolute atomic E-state index is 13.6. The Labute approximate surface area is 185 Å². The predicted molar refractivity (Wildman–Crippen MR) is 120 cm³/mol. The average molecular weight is 433 g/mol. The van der Waals surface area contributed by atoms with E-state index < -0.39 is 17.8 Å². The minimum Gasteiger partial charge on any atom is -0.492 e. The second-order valence-electron chi connectivity index (χ2n) is 7.46. The van der Waals surface area contributed by atoms with E-state index in [4.69, 9.17) is 14.6 Å². The highest BCUT2D eigenvalue weighted by atomic mass is 16.5. The van der Waals surface area contributed by atoms with Crippen LogP contribution in [0.5, 0.6) is 11.5 Å². The molecule has 0 radical (unpaired) electrons. The summed E-state index contributed by atoms with van der Waals surface area (Å²) in [7, 11) is 0. The number of nitrogens with zero attached hydrogens (tertiary/aromatic N) is 1. The quantitative estimate of drug-likeness (QED) is 0.556. The Bertz CT molecular complexity index is 1200. The molecular weight excluding hydrogens is 410 g/mol. The Morgan fingerprint density at radius 1 is 0.906 bits per heavy atom. The molecule has 0 fully saturated rings. The van der Waals surface area contributed by atoms with E-state index in [-0.39, 0.29) is 17.5 Å². The SMILES string of the molecule is CCOc1c2c(c(OCC)c3ccccc13)C(=O)N(c1ccc(CC(=O)O)cc1C)C2=O. The summed E-state index contributed by atoms with van der Waals surface area (Å²) < 4.78 is 11.7. The number of carbonyl (C=O) groups excluding carboxylic acids is 2. The topological polar surface area (TPSA) is 93.1 Å². The lowest BCUT2D eigenvalue weighted by molar-refractivity contribution is -0.136. The van der Waals surface area contributed by atoms with E-state index in [9.17, 15) is 14.4 Å². The molecule has 1 heterocycles. The molecule has 0 saturated carbocycles. The number of rotatable bonds is 7. The van der Waals surface area contributed by atoms with Crippen molar-refractivity contribution in [2.75, 3.05) is 18.1 Å². The zero-order chi connectivity index (χ0) is 23.0. The van der Waals surface area contributed by atoms with Gasteiger partial charge in [0.2, 0.25) is 0 Å². The van der Waals surface area contributed by atoms with Crippen molar-refractivity contribution >= 4 is 34.2 Å². The van der Waals surface area contributed by atoms with Crippen molar-refractivity contribution in [3.63, 3.8) is 0 Å². The van der Waals surface area contributed by atoms with Crippen LogP contribution in [0.3, 0.4) is 0 Å². The highest BCUT2D eigenvalue weighted by molar-refractivity contribution is 6.38. The lowest BCUT2D eigenvalue weighted by Crippen LogP contribution is -2.30. The number of carboxylic acid groups (broad SMARTS) is 1. The van der Waals surface area contributed by atoms with Gasteiger partial charge in [-0.2, -0.15) is 0 Å². The molecule has 0 unspecified atom stereocenters. The highest BCUT2D eigenvalue weighted by Crippen LogP contribution is 2.46. The maximum Gasteiger partial charge on any atom is 0.307 e. The molecule has 7 nitrogen and oxygen atoms in total. The van der Waals surface area contributed by atoms with Gasteiger partial charge in [0, 0.05) is 10.8 Å². The van der Waals surface area contributed by atoms with Gasteiger partial charge in [0.15, 0.2) is 0 Å². The lowest BCUT2D eigenvalue weighted by atomic mass is 9.99. The zero-order valence-corrected chi connectivity index (χ0v) is 18.1. The molecule has 1 aliphatic rings. The zero-order valence-electron chi connectivity index (χ0n) is 18.1. The van der Waals surface area contributed by atoms with Crippen LogP contribution in [0, 0.1) is 6.92 Å². The number of aryl methyl sites for hydroxylation is 1. The van der Waals surface area contributed by atoms with Crippen molar-refractivity contribution in [1.82, 2.24) is 0 Å². The van der Waals surface area contributed by atoms with E-state index in [2.05, 4.69) is 0 Å². The second-order valence-corrected chi connectivity index (χ2v) is 7.46. The van der Waals surface area contributed by atoms with Crippen molar-refractivity contribution in [2.45, 2.75) is 27.2 Å². The van der Waals surface area contributed by atoms with Crippen molar-refractivity contribution in [2.24, 2.45) is 0 Å². The van der Waals surface area contributed by atoms with Gasteiger partial charge in [-0.25, -0.2) is 4.90 Å². The Morgan fingerprint density at radius 3 is 1.88 bits per heavy atom. The van der Waals surface area contributed by atoms with Gasteiger partial charge in [0.25, 0.3) is 11.8 Å². The molecular formula is C25H23NO6. The van der Waals surface area contributed by atoms with Gasteiger partial charge in [-0.3, -0.25) is 14.4 Å². The maximum atomic E-state index is 13.6. The number of hydrogen-bond acceptors (Lipinski definition) is 5. The molecule has 0 aliphatic carbocycles. The van der Waals surface area contributed by atoms with Crippen molar-refractivity contribution in [1.29, 1.82) is 0 Å². The summed E-state index contributed by atoms with van der Waals surface area (Å²) in [6, 6.07) is 12.3. The van der Waals surface area contributed by atoms with E-state index in [1.807, 2.05) is 38.1 Å². The predicted octanol–water partition coefficient (Wildman–Crippen LogP) is 4.37. The fourth-order valence-electron chi connectivity index (χ4n) is 4.16. The molecule has 3 aromatic rings. The van der Waals surface area contributed by atoms with E-state index >= 15 is 0 Å². The van der Waals surface area contributed by atoms with Crippen molar-refractivity contribution in [3.05, 3.63) is 64.7 Å². The summed E-state index contributed by atoms with van der Waals surface area (Å²) in [5, 5.41) is 10.5. The van der Waals surface area contributed by atoms with Crippen LogP contribution in [-0.4, -0.2) is 36.1 Å². The Morgan fingerprint density at radius 2 is 1.44 bits per heavy atom. The van der Waals surface area contributed by atoms with Gasteiger partial charge in [-0.15, -0.1) is 0 Å². The first-order valence-corrected chi connectivity index (χ1v) is 10.4. The van der Waals surface area contributed by atoms with Gasteiger partial charge in [0.1, 0.15) is 11.5 Å². The fraction of sp³-hybridized carbons (Fsp3) is 0.240. The van der Waals surface area contributed by atoms with Gasteiger partial charge in [-0.05, 0) is 38.0 Å². The minimum absolute atomic E-state index is 0.141. The highest BCUT2D eigenvalue weighted by Gasteiger charge is 2.43.